The lowest BCUT2D eigenvalue weighted by Gasteiger charge is -2.44. The van der Waals surface area contributed by atoms with E-state index >= 15 is 4.39 Å². The first kappa shape index (κ1) is 94.4. The van der Waals surface area contributed by atoms with Gasteiger partial charge in [0.25, 0.3) is 41.4 Å². The number of hydrogen-bond donors (Lipinski definition) is 10. The quantitative estimate of drug-likeness (QED) is 0.0145. The number of pyridine rings is 2. The van der Waals surface area contributed by atoms with Crippen LogP contribution in [0, 0.1) is 11.6 Å². The van der Waals surface area contributed by atoms with Crippen molar-refractivity contribution in [3.05, 3.63) is 227 Å². The van der Waals surface area contributed by atoms with Crippen LogP contribution in [0.3, 0.4) is 0 Å². The van der Waals surface area contributed by atoms with Crippen LogP contribution in [-0.2, 0) is 47.4 Å². The fraction of sp³-hybridized carbons (Fsp3) is 0.348. The number of likely N-dealkylation sites (N-methyl/N-ethyl adjacent to an activating group) is 2. The summed E-state index contributed by atoms with van der Waals surface area (Å²) in [5, 5.41) is 24.5. The smallest absolute Gasteiger partial charge is 0.417 e. The Morgan fingerprint density at radius 2 is 0.938 bits per heavy atom. The molecule has 680 valence electrons. The van der Waals surface area contributed by atoms with Gasteiger partial charge in [0.15, 0.2) is 0 Å². The Balaban J connectivity index is 0.000000196. The number of aromatic carboxylic acids is 1. The maximum Gasteiger partial charge on any atom is 0.417 e. The average Bonchev–Trinajstić information content (AvgIpc) is 1.59. The number of aryl methyl sites for hydroxylation is 1. The molecule has 6 aromatic carbocycles. The fourth-order valence-electron chi connectivity index (χ4n) is 16.0. The number of piperazine rings is 2. The molecule has 2 unspecified atom stereocenters. The van der Waals surface area contributed by atoms with Gasteiger partial charge in [-0.2, -0.15) is 26.3 Å². The van der Waals surface area contributed by atoms with Crippen LogP contribution in [-0.4, -0.2) is 228 Å². The largest absolute Gasteiger partial charge is 0.478 e. The molecule has 8 aromatic rings. The number of nitrogens with two attached hydrogens (primary N) is 1. The highest BCUT2D eigenvalue weighted by atomic mass is 19.4. The second-order valence-electron chi connectivity index (χ2n) is 31.6. The van der Waals surface area contributed by atoms with Gasteiger partial charge in [0, 0.05) is 136 Å². The molecule has 8 heterocycles. The van der Waals surface area contributed by atoms with Gasteiger partial charge in [0.2, 0.25) is 34.7 Å². The van der Waals surface area contributed by atoms with Crippen LogP contribution in [0.5, 0.6) is 0 Å². The minimum Gasteiger partial charge on any atom is -0.478 e. The Morgan fingerprint density at radius 3 is 1.40 bits per heavy atom. The summed E-state index contributed by atoms with van der Waals surface area (Å²) in [6.07, 6.45) is -7.04. The molecular weight excluding hydrogens is 1700 g/mol. The summed E-state index contributed by atoms with van der Waals surface area (Å²) in [5.41, 5.74) is 2.28. The van der Waals surface area contributed by atoms with Crippen LogP contribution < -0.4 is 58.6 Å². The normalized spacial score (nSPS) is 18.9. The van der Waals surface area contributed by atoms with E-state index in [0.29, 0.717) is 111 Å². The third kappa shape index (κ3) is 21.4. The van der Waals surface area contributed by atoms with Gasteiger partial charge in [0.1, 0.15) is 23.7 Å². The van der Waals surface area contributed by atoms with Crippen molar-refractivity contribution >= 4 is 99.4 Å². The highest BCUT2D eigenvalue weighted by molar-refractivity contribution is 6.26. The van der Waals surface area contributed by atoms with Crippen LogP contribution >= 0.6 is 0 Å². The molecule has 0 bridgehead atoms. The zero-order valence-electron chi connectivity index (χ0n) is 70.5. The molecule has 4 fully saturated rings. The minimum absolute atomic E-state index is 0.00404. The Labute approximate surface area is 731 Å². The number of amides is 11. The molecule has 11 amide bonds. The van der Waals surface area contributed by atoms with Crippen LogP contribution in [0.1, 0.15) is 159 Å². The fourth-order valence-corrected chi connectivity index (χ4v) is 16.0. The SMILES string of the molecule is C[C@@H]1CN(c2ccc(-c3cc(C(=O)NCCOCCNc4cccc5c4C(=O)N(C4CCC(=O)NC4=O)C5=O)ccc3F)cc2NC(=O)c2c[nH]c(=O)cc2C(F)(F)F)C[C@H](C)N1C.C[C@@H]1CN(c2ccc(-c3cc(C(=O)O)ccc3F)cc2NC(=O)c2c[nH]c(=O)cc2C(F)(F)F)C[C@H](C)N1C.NCCOCCCc1cccc2c1C(=O)N(C1CCC(=O)NC1=O)C2=O. The molecule has 40 heteroatoms. The van der Waals surface area contributed by atoms with Gasteiger partial charge >= 0.3 is 18.3 Å². The van der Waals surface area contributed by atoms with Gasteiger partial charge in [-0.25, -0.2) is 13.6 Å². The van der Waals surface area contributed by atoms with E-state index < -0.39 is 134 Å². The topological polar surface area (TPSA) is 427 Å². The summed E-state index contributed by atoms with van der Waals surface area (Å²) in [5.74, 6) is -9.97. The number of benzene rings is 6. The molecule has 0 saturated carbocycles. The number of rotatable bonds is 25. The monoisotopic (exact) mass is 1790 g/mol. The van der Waals surface area contributed by atoms with Gasteiger partial charge in [-0.15, -0.1) is 0 Å². The maximum absolute atomic E-state index is 15.5. The molecule has 32 nitrogen and oxygen atoms in total. The van der Waals surface area contributed by atoms with Crippen LogP contribution in [0.2, 0.25) is 0 Å². The Bertz CT molecular complexity index is 5860. The summed E-state index contributed by atoms with van der Waals surface area (Å²) in [6, 6.07) is 24.9. The second kappa shape index (κ2) is 40.1. The summed E-state index contributed by atoms with van der Waals surface area (Å²) < 4.78 is 124. The lowest BCUT2D eigenvalue weighted by molar-refractivity contribution is -0.138. The van der Waals surface area contributed by atoms with Gasteiger partial charge in [-0.05, 0) is 163 Å². The van der Waals surface area contributed by atoms with Crippen molar-refractivity contribution in [2.45, 2.75) is 115 Å². The van der Waals surface area contributed by atoms with Gasteiger partial charge in [-0.3, -0.25) is 92.6 Å². The number of H-pyrrole nitrogens is 2. The number of piperidine rings is 2. The molecule has 14 rings (SSSR count). The van der Waals surface area contributed by atoms with Gasteiger partial charge in [0.05, 0.1) is 92.6 Å². The van der Waals surface area contributed by atoms with E-state index in [-0.39, 0.29) is 138 Å². The molecule has 6 aliphatic rings. The minimum atomic E-state index is -5.01. The van der Waals surface area contributed by atoms with Crippen LogP contribution in [0.15, 0.2) is 143 Å². The average molecular weight is 1790 g/mol. The van der Waals surface area contributed by atoms with Crippen molar-refractivity contribution in [2.24, 2.45) is 5.73 Å². The first-order valence-electron chi connectivity index (χ1n) is 41.1. The first-order chi connectivity index (χ1) is 61.2. The summed E-state index contributed by atoms with van der Waals surface area (Å²) in [6.45, 7) is 12.0. The van der Waals surface area contributed by atoms with Crippen molar-refractivity contribution < 1.29 is 107 Å². The number of aromatic nitrogens is 2. The van der Waals surface area contributed by atoms with E-state index in [1.165, 1.54) is 30.3 Å². The maximum atomic E-state index is 15.5. The van der Waals surface area contributed by atoms with E-state index in [1.54, 1.807) is 54.6 Å². The number of carbonyl (C=O) groups is 12. The number of carbonyl (C=O) groups excluding carboxylic acids is 11. The number of fused-ring (bicyclic) bond motifs is 2. The number of imide groups is 4. The van der Waals surface area contributed by atoms with E-state index in [1.807, 2.05) is 51.6 Å². The first-order valence-corrected chi connectivity index (χ1v) is 41.1. The van der Waals surface area contributed by atoms with E-state index in [9.17, 15) is 103 Å². The Kier molecular flexibility index (Phi) is 29.3. The number of halogens is 8. The van der Waals surface area contributed by atoms with Crippen molar-refractivity contribution in [3.63, 3.8) is 0 Å². The lowest BCUT2D eigenvalue weighted by Crippen LogP contribution is -2.55. The number of carboxylic acids is 1. The molecular formula is C89H91F8N15O17. The highest BCUT2D eigenvalue weighted by Gasteiger charge is 2.48. The zero-order valence-corrected chi connectivity index (χ0v) is 70.5. The predicted octanol–water partition coefficient (Wildman–Crippen LogP) is 8.92. The number of nitrogens with zero attached hydrogens (tertiary/aromatic N) is 6. The number of ether oxygens (including phenoxy) is 2. The molecule has 0 radical (unpaired) electrons. The highest BCUT2D eigenvalue weighted by Crippen LogP contribution is 2.41. The van der Waals surface area contributed by atoms with Crippen molar-refractivity contribution in [3.8, 4) is 22.3 Å². The standard InChI is InChI=1S/C44H44F4N8O8.C27H26F4N4O4.C18H21N3O5/c1-23-21-55(22-24(2)54(23)3)34-10-8-25(18-33(34)52-40(60)29-20-51-37(58)19-30(29)44(46,47)48)28-17-26(7-9-31(28)45)39(59)50-14-16-64-15-13-49-32-6-4-5-27-38(32)43(63)56(42(27)62)35-11-12-36(57)53-41(35)61;1-14-12-35(13-15(2)34(14)3)23-7-5-16(18-8-17(26(38)39)4-6-21(18)28)9-22(23)33-25(37)19-11-32-24(36)10-20(19)27(29,30)31;19-8-10-26-9-2-4-11-3-1-5-12-15(11)18(25)21(17(12)24)13-6-7-14(22)20-16(13)23/h4-10,17-20,23-24,35,49H,11-16,21-22H2,1-3H3,(H,50,59)(H,51,58)(H,52,60)(H,53,57,61);4-11,14-15H,12-13H2,1-3H3,(H,32,36)(H,33,37)(H,38,39);1,3,5,13H,2,4,6-10,19H2,(H,20,22,23)/t23-,24+,35?;14-,15+;. The van der Waals surface area contributed by atoms with E-state index in [4.69, 9.17) is 15.2 Å². The molecule has 6 atom stereocenters. The van der Waals surface area contributed by atoms with Gasteiger partial charge < -0.3 is 61.3 Å². The molecule has 11 N–H and O–H groups in total. The molecule has 0 spiro atoms. The van der Waals surface area contributed by atoms with Gasteiger partial charge in [-0.1, -0.05) is 30.3 Å². The molecule has 6 aliphatic heterocycles. The number of hydrogen-bond acceptors (Lipinski definition) is 22. The molecule has 4 saturated heterocycles. The summed E-state index contributed by atoms with van der Waals surface area (Å²) in [7, 11) is 3.95. The third-order valence-electron chi connectivity index (χ3n) is 23.0. The van der Waals surface area contributed by atoms with E-state index in [0.717, 1.165) is 39.6 Å². The van der Waals surface area contributed by atoms with Crippen molar-refractivity contribution in [1.29, 1.82) is 0 Å². The zero-order chi connectivity index (χ0) is 93.4. The third-order valence-corrected chi connectivity index (χ3v) is 23.0. The second-order valence-corrected chi connectivity index (χ2v) is 31.6. The summed E-state index contributed by atoms with van der Waals surface area (Å²) in [4.78, 5) is 188. The van der Waals surface area contributed by atoms with Crippen molar-refractivity contribution in [2.75, 3.05) is 112 Å². The number of alkyl halides is 6. The molecule has 0 aliphatic carbocycles. The molecule has 2 aromatic heterocycles. The number of nitrogens with one attached hydrogen (secondary N) is 8. The number of carboxylic acid groups (broad SMARTS) is 1. The molecule has 129 heavy (non-hydrogen) atoms. The Hall–Kier alpha value is -13.7. The van der Waals surface area contributed by atoms with E-state index in [2.05, 4.69) is 51.7 Å². The summed E-state index contributed by atoms with van der Waals surface area (Å²) >= 11 is 0. The van der Waals surface area contributed by atoms with Crippen molar-refractivity contribution in [1.82, 2.24) is 45.5 Å². The number of anilines is 5. The number of aromatic amines is 2. The predicted molar refractivity (Wildman–Crippen MR) is 455 cm³/mol. The van der Waals surface area contributed by atoms with Crippen LogP contribution in [0.25, 0.3) is 22.3 Å². The Morgan fingerprint density at radius 1 is 0.496 bits per heavy atom. The van der Waals surface area contributed by atoms with Crippen LogP contribution in [0.4, 0.5) is 63.6 Å². The lowest BCUT2D eigenvalue weighted by atomic mass is 9.99.